The van der Waals surface area contributed by atoms with Crippen molar-refractivity contribution in [1.29, 1.82) is 0 Å². The van der Waals surface area contributed by atoms with Crippen molar-refractivity contribution in [2.75, 3.05) is 0 Å². The minimum absolute atomic E-state index is 0.0422. The molecule has 4 nitrogen and oxygen atoms in total. The van der Waals surface area contributed by atoms with Crippen LogP contribution in [0.5, 0.6) is 0 Å². The first kappa shape index (κ1) is 18.8. The molecule has 2 bridgehead atoms. The lowest BCUT2D eigenvalue weighted by atomic mass is 9.43. The first-order valence-corrected chi connectivity index (χ1v) is 10.5. The van der Waals surface area contributed by atoms with E-state index in [0.717, 1.165) is 68.2 Å². The standard InChI is InChI=1S/C22H24F3N3O/c23-22(24,25)17-7-4-8-26-18(17)13-28-20(29)16(15-5-2-1-3-6-15)9-19(27-28)21-10-14(11-21)12-21/h4,7-9,14-15H,1-3,5-6,10-13H2. The SMILES string of the molecule is O=c1c(C2CCCCC2)cc(C23CC(C2)C3)nn1Cc1ncccc1C(F)(F)F. The maximum atomic E-state index is 13.4. The van der Waals surface area contributed by atoms with Crippen molar-refractivity contribution in [3.63, 3.8) is 0 Å². The summed E-state index contributed by atoms with van der Waals surface area (Å²) in [5.74, 6) is 0.936. The molecule has 0 aromatic carbocycles. The molecule has 2 heterocycles. The van der Waals surface area contributed by atoms with Gasteiger partial charge in [-0.3, -0.25) is 9.78 Å². The van der Waals surface area contributed by atoms with E-state index >= 15 is 0 Å². The predicted molar refractivity (Wildman–Crippen MR) is 102 cm³/mol. The van der Waals surface area contributed by atoms with E-state index in [0.29, 0.717) is 0 Å². The van der Waals surface area contributed by atoms with Crippen LogP contribution in [-0.2, 0) is 18.1 Å². The molecule has 0 N–H and O–H groups in total. The number of alkyl halides is 3. The van der Waals surface area contributed by atoms with Gasteiger partial charge < -0.3 is 0 Å². The van der Waals surface area contributed by atoms with Gasteiger partial charge in [-0.2, -0.15) is 18.3 Å². The van der Waals surface area contributed by atoms with Gasteiger partial charge in [-0.05, 0) is 62.1 Å². The highest BCUT2D eigenvalue weighted by Crippen LogP contribution is 2.64. The highest BCUT2D eigenvalue weighted by molar-refractivity contribution is 5.33. The fourth-order valence-corrected chi connectivity index (χ4v) is 5.39. The van der Waals surface area contributed by atoms with Gasteiger partial charge in [-0.1, -0.05) is 19.3 Å². The van der Waals surface area contributed by atoms with Crippen molar-refractivity contribution < 1.29 is 13.2 Å². The zero-order valence-corrected chi connectivity index (χ0v) is 16.2. The van der Waals surface area contributed by atoms with Crippen LogP contribution in [0.2, 0.25) is 0 Å². The Morgan fingerprint density at radius 3 is 2.48 bits per heavy atom. The Kier molecular flexibility index (Phi) is 4.33. The number of rotatable bonds is 4. The number of halogens is 3. The van der Waals surface area contributed by atoms with E-state index in [-0.39, 0.29) is 29.1 Å². The molecule has 4 aliphatic rings. The average Bonchev–Trinajstić information content (AvgIpc) is 2.62. The predicted octanol–water partition coefficient (Wildman–Crippen LogP) is 4.80. The van der Waals surface area contributed by atoms with Crippen molar-refractivity contribution in [3.8, 4) is 0 Å². The van der Waals surface area contributed by atoms with Crippen molar-refractivity contribution in [2.45, 2.75) is 75.4 Å². The first-order valence-electron chi connectivity index (χ1n) is 10.5. The zero-order valence-electron chi connectivity index (χ0n) is 16.2. The monoisotopic (exact) mass is 403 g/mol. The molecule has 0 spiro atoms. The fraction of sp³-hybridized carbons (Fsp3) is 0.591. The quantitative estimate of drug-likeness (QED) is 0.736. The molecule has 0 amide bonds. The Hall–Kier alpha value is -2.18. The number of aromatic nitrogens is 3. The summed E-state index contributed by atoms with van der Waals surface area (Å²) in [5, 5.41) is 4.57. The van der Waals surface area contributed by atoms with E-state index in [1.165, 1.54) is 23.4 Å². The highest BCUT2D eigenvalue weighted by atomic mass is 19.4. The molecule has 0 saturated heterocycles. The van der Waals surface area contributed by atoms with Gasteiger partial charge in [-0.25, -0.2) is 4.68 Å². The number of hydrogen-bond donors (Lipinski definition) is 0. The van der Waals surface area contributed by atoms with E-state index in [9.17, 15) is 18.0 Å². The molecule has 29 heavy (non-hydrogen) atoms. The Bertz CT molecular complexity index is 975. The van der Waals surface area contributed by atoms with E-state index in [2.05, 4.69) is 10.1 Å². The average molecular weight is 403 g/mol. The van der Waals surface area contributed by atoms with Crippen molar-refractivity contribution in [2.24, 2.45) is 5.92 Å². The summed E-state index contributed by atoms with van der Waals surface area (Å²) in [6.45, 7) is -0.248. The lowest BCUT2D eigenvalue weighted by molar-refractivity contribution is -0.138. The van der Waals surface area contributed by atoms with Crippen LogP contribution in [0.25, 0.3) is 0 Å². The van der Waals surface area contributed by atoms with E-state index in [1.54, 1.807) is 0 Å². The molecule has 4 saturated carbocycles. The number of nitrogens with zero attached hydrogens (tertiary/aromatic N) is 3. The van der Waals surface area contributed by atoms with Crippen LogP contribution in [0.15, 0.2) is 29.2 Å². The summed E-state index contributed by atoms with van der Waals surface area (Å²) in [4.78, 5) is 17.2. The van der Waals surface area contributed by atoms with Gasteiger partial charge in [0.25, 0.3) is 5.56 Å². The summed E-state index contributed by atoms with van der Waals surface area (Å²) in [6.07, 6.45) is 5.36. The molecule has 0 unspecified atom stereocenters. The summed E-state index contributed by atoms with van der Waals surface area (Å²) in [7, 11) is 0. The molecule has 2 aromatic heterocycles. The summed E-state index contributed by atoms with van der Waals surface area (Å²) >= 11 is 0. The van der Waals surface area contributed by atoms with Crippen LogP contribution >= 0.6 is 0 Å². The molecule has 0 atom stereocenters. The maximum absolute atomic E-state index is 13.4. The largest absolute Gasteiger partial charge is 0.418 e. The second kappa shape index (κ2) is 6.67. The molecule has 7 heteroatoms. The Morgan fingerprint density at radius 2 is 1.86 bits per heavy atom. The minimum Gasteiger partial charge on any atom is -0.267 e. The van der Waals surface area contributed by atoms with Crippen LogP contribution < -0.4 is 5.56 Å². The lowest BCUT2D eigenvalue weighted by Crippen LogP contribution is -2.56. The summed E-state index contributed by atoms with van der Waals surface area (Å²) in [6, 6.07) is 4.27. The van der Waals surface area contributed by atoms with E-state index in [4.69, 9.17) is 0 Å². The third-order valence-electron chi connectivity index (χ3n) is 7.12. The lowest BCUT2D eigenvalue weighted by Gasteiger charge is -2.61. The van der Waals surface area contributed by atoms with E-state index < -0.39 is 11.7 Å². The minimum atomic E-state index is -4.51. The molecule has 2 aromatic rings. The molecule has 4 aliphatic carbocycles. The molecule has 0 aliphatic heterocycles. The molecular weight excluding hydrogens is 379 g/mol. The van der Waals surface area contributed by atoms with Crippen LogP contribution in [-0.4, -0.2) is 14.8 Å². The molecule has 154 valence electrons. The second-order valence-corrected chi connectivity index (χ2v) is 9.04. The number of pyridine rings is 1. The Labute approximate surface area is 167 Å². The van der Waals surface area contributed by atoms with Crippen molar-refractivity contribution in [1.82, 2.24) is 14.8 Å². The Balaban J connectivity index is 1.57. The third kappa shape index (κ3) is 3.19. The van der Waals surface area contributed by atoms with Gasteiger partial charge in [0.1, 0.15) is 0 Å². The van der Waals surface area contributed by atoms with Gasteiger partial charge in [-0.15, -0.1) is 0 Å². The second-order valence-electron chi connectivity index (χ2n) is 9.04. The topological polar surface area (TPSA) is 47.8 Å². The summed E-state index contributed by atoms with van der Waals surface area (Å²) < 4.78 is 41.5. The van der Waals surface area contributed by atoms with Gasteiger partial charge in [0.15, 0.2) is 0 Å². The maximum Gasteiger partial charge on any atom is 0.418 e. The zero-order chi connectivity index (χ0) is 20.2. The smallest absolute Gasteiger partial charge is 0.267 e. The van der Waals surface area contributed by atoms with Crippen LogP contribution in [0.4, 0.5) is 13.2 Å². The third-order valence-corrected chi connectivity index (χ3v) is 7.12. The van der Waals surface area contributed by atoms with Crippen molar-refractivity contribution >= 4 is 0 Å². The summed E-state index contributed by atoms with van der Waals surface area (Å²) in [5.41, 5.74) is 0.461. The van der Waals surface area contributed by atoms with Gasteiger partial charge in [0.05, 0.1) is 23.5 Å². The van der Waals surface area contributed by atoms with Gasteiger partial charge in [0, 0.05) is 17.2 Å². The fourth-order valence-electron chi connectivity index (χ4n) is 5.39. The molecule has 0 radical (unpaired) electrons. The molecule has 4 fully saturated rings. The molecular formula is C22H24F3N3O. The van der Waals surface area contributed by atoms with E-state index in [1.807, 2.05) is 6.07 Å². The normalized spacial score (nSPS) is 26.7. The first-order chi connectivity index (χ1) is 13.9. The number of hydrogen-bond acceptors (Lipinski definition) is 3. The van der Waals surface area contributed by atoms with Crippen LogP contribution in [0.1, 0.15) is 79.8 Å². The van der Waals surface area contributed by atoms with Crippen LogP contribution in [0, 0.1) is 5.92 Å². The molecule has 6 rings (SSSR count). The Morgan fingerprint density at radius 1 is 1.14 bits per heavy atom. The van der Waals surface area contributed by atoms with Gasteiger partial charge in [0.2, 0.25) is 0 Å². The van der Waals surface area contributed by atoms with Crippen LogP contribution in [0.3, 0.4) is 0 Å². The highest BCUT2D eigenvalue weighted by Gasteiger charge is 2.58. The van der Waals surface area contributed by atoms with Gasteiger partial charge >= 0.3 is 6.18 Å². The van der Waals surface area contributed by atoms with Crippen molar-refractivity contribution in [3.05, 3.63) is 57.3 Å².